The highest BCUT2D eigenvalue weighted by molar-refractivity contribution is 7.89. The fourth-order valence-corrected chi connectivity index (χ4v) is 2.75. The number of rotatable bonds is 5. The van der Waals surface area contributed by atoms with Gasteiger partial charge in [-0.3, -0.25) is 4.79 Å². The van der Waals surface area contributed by atoms with E-state index in [1.807, 2.05) is 0 Å². The Labute approximate surface area is 109 Å². The van der Waals surface area contributed by atoms with E-state index in [1.54, 1.807) is 0 Å². The van der Waals surface area contributed by atoms with Gasteiger partial charge < -0.3 is 5.11 Å². The van der Waals surface area contributed by atoms with Gasteiger partial charge in [0.15, 0.2) is 0 Å². The summed E-state index contributed by atoms with van der Waals surface area (Å²) in [4.78, 5) is 10.1. The fraction of sp³-hybridized carbons (Fsp3) is 0.300. The Kier molecular flexibility index (Phi) is 4.66. The predicted molar refractivity (Wildman–Crippen MR) is 63.5 cm³/mol. The van der Waals surface area contributed by atoms with Crippen LogP contribution in [0.4, 0.5) is 4.39 Å². The summed E-state index contributed by atoms with van der Waals surface area (Å²) in [6.45, 7) is -0.203. The molecule has 0 aromatic heterocycles. The molecule has 100 valence electrons. The summed E-state index contributed by atoms with van der Waals surface area (Å²) in [5.41, 5.74) is 0. The number of carbonyl (C=O) groups is 1. The quantitative estimate of drug-likeness (QED) is 0.895. The van der Waals surface area contributed by atoms with Crippen LogP contribution in [0, 0.1) is 5.82 Å². The average molecular weight is 296 g/mol. The fourth-order valence-electron chi connectivity index (χ4n) is 1.23. The van der Waals surface area contributed by atoms with Gasteiger partial charge in [0.1, 0.15) is 5.82 Å². The smallest absolute Gasteiger partial charge is 0.304 e. The Hall–Kier alpha value is -1.18. The van der Waals surface area contributed by atoms with Gasteiger partial charge in [-0.2, -0.15) is 0 Å². The summed E-state index contributed by atoms with van der Waals surface area (Å²) < 4.78 is 37.8. The topological polar surface area (TPSA) is 74.7 Å². The molecule has 0 heterocycles. The van der Waals surface area contributed by atoms with Crippen molar-refractivity contribution in [1.82, 2.24) is 4.31 Å². The van der Waals surface area contributed by atoms with E-state index < -0.39 is 21.8 Å². The first-order valence-corrected chi connectivity index (χ1v) is 6.69. The maximum atomic E-state index is 13.1. The van der Waals surface area contributed by atoms with Crippen LogP contribution in [0.2, 0.25) is 5.02 Å². The maximum Gasteiger partial charge on any atom is 0.304 e. The van der Waals surface area contributed by atoms with Crippen molar-refractivity contribution in [3.63, 3.8) is 0 Å². The lowest BCUT2D eigenvalue weighted by atomic mass is 10.3. The van der Waals surface area contributed by atoms with E-state index in [-0.39, 0.29) is 22.9 Å². The first kappa shape index (κ1) is 14.9. The Morgan fingerprint density at radius 3 is 2.56 bits per heavy atom. The van der Waals surface area contributed by atoms with Crippen molar-refractivity contribution in [1.29, 1.82) is 0 Å². The van der Waals surface area contributed by atoms with E-state index in [9.17, 15) is 17.6 Å². The minimum atomic E-state index is -3.93. The van der Waals surface area contributed by atoms with E-state index in [4.69, 9.17) is 16.7 Å². The third-order valence-corrected chi connectivity index (χ3v) is 4.24. The molecule has 0 atom stereocenters. The molecular weight excluding hydrogens is 285 g/mol. The lowest BCUT2D eigenvalue weighted by molar-refractivity contribution is -0.137. The van der Waals surface area contributed by atoms with Crippen LogP contribution in [0.15, 0.2) is 23.1 Å². The van der Waals surface area contributed by atoms with Crippen LogP contribution in [0.1, 0.15) is 6.42 Å². The van der Waals surface area contributed by atoms with Crippen LogP contribution in [0.3, 0.4) is 0 Å². The van der Waals surface area contributed by atoms with E-state index in [2.05, 4.69) is 0 Å². The molecule has 1 aromatic rings. The number of carboxylic acid groups (broad SMARTS) is 1. The highest BCUT2D eigenvalue weighted by atomic mass is 35.5. The average Bonchev–Trinajstić information content (AvgIpc) is 2.24. The standard InChI is InChI=1S/C10H11ClFNO4S/c1-13(3-2-10(14)15)18(16,17)9-5-7(11)4-8(12)6-9/h4-6H,2-3H2,1H3,(H,14,15). The minimum absolute atomic E-state index is 0.0415. The highest BCUT2D eigenvalue weighted by Crippen LogP contribution is 2.20. The molecular formula is C10H11ClFNO4S. The van der Waals surface area contributed by atoms with E-state index in [0.29, 0.717) is 0 Å². The van der Waals surface area contributed by atoms with E-state index in [1.165, 1.54) is 7.05 Å². The summed E-state index contributed by atoms with van der Waals surface area (Å²) in [5.74, 6) is -1.89. The van der Waals surface area contributed by atoms with Gasteiger partial charge in [0, 0.05) is 18.6 Å². The van der Waals surface area contributed by atoms with Gasteiger partial charge >= 0.3 is 5.97 Å². The van der Waals surface area contributed by atoms with Crippen molar-refractivity contribution < 1.29 is 22.7 Å². The normalized spacial score (nSPS) is 11.8. The second-order valence-electron chi connectivity index (χ2n) is 3.58. The first-order valence-electron chi connectivity index (χ1n) is 4.87. The number of nitrogens with zero attached hydrogens (tertiary/aromatic N) is 1. The molecule has 8 heteroatoms. The molecule has 1 N–H and O–H groups in total. The third kappa shape index (κ3) is 3.66. The molecule has 0 aliphatic rings. The molecule has 0 amide bonds. The Morgan fingerprint density at radius 2 is 2.06 bits per heavy atom. The predicted octanol–water partition coefficient (Wildman–Crippen LogP) is 1.57. The van der Waals surface area contributed by atoms with Crippen molar-refractivity contribution >= 4 is 27.6 Å². The van der Waals surface area contributed by atoms with Crippen molar-refractivity contribution in [3.8, 4) is 0 Å². The number of carboxylic acids is 1. The van der Waals surface area contributed by atoms with Crippen LogP contribution in [-0.2, 0) is 14.8 Å². The monoisotopic (exact) mass is 295 g/mol. The summed E-state index contributed by atoms with van der Waals surface area (Å²) in [7, 11) is -2.71. The highest BCUT2D eigenvalue weighted by Gasteiger charge is 2.22. The summed E-state index contributed by atoms with van der Waals surface area (Å²) >= 11 is 5.57. The molecule has 18 heavy (non-hydrogen) atoms. The van der Waals surface area contributed by atoms with Crippen LogP contribution in [0.25, 0.3) is 0 Å². The number of hydrogen-bond donors (Lipinski definition) is 1. The Morgan fingerprint density at radius 1 is 1.44 bits per heavy atom. The lowest BCUT2D eigenvalue weighted by Crippen LogP contribution is -2.29. The number of benzene rings is 1. The van der Waals surface area contributed by atoms with Gasteiger partial charge in [0.05, 0.1) is 11.3 Å². The minimum Gasteiger partial charge on any atom is -0.481 e. The van der Waals surface area contributed by atoms with Crippen LogP contribution in [0.5, 0.6) is 0 Å². The number of hydrogen-bond acceptors (Lipinski definition) is 3. The largest absolute Gasteiger partial charge is 0.481 e. The molecule has 0 saturated carbocycles. The van der Waals surface area contributed by atoms with Gasteiger partial charge in [-0.25, -0.2) is 17.1 Å². The van der Waals surface area contributed by atoms with Crippen LogP contribution < -0.4 is 0 Å². The Balaban J connectivity index is 3.01. The molecule has 0 radical (unpaired) electrons. The zero-order valence-corrected chi connectivity index (χ0v) is 11.0. The maximum absolute atomic E-state index is 13.1. The zero-order chi connectivity index (χ0) is 13.9. The third-order valence-electron chi connectivity index (χ3n) is 2.18. The lowest BCUT2D eigenvalue weighted by Gasteiger charge is -2.16. The summed E-state index contributed by atoms with van der Waals surface area (Å²) in [5, 5.41) is 8.44. The van der Waals surface area contributed by atoms with Crippen molar-refractivity contribution in [2.75, 3.05) is 13.6 Å². The first-order chi connectivity index (χ1) is 8.23. The molecule has 0 aliphatic carbocycles. The van der Waals surface area contributed by atoms with Gasteiger partial charge in [0.25, 0.3) is 0 Å². The van der Waals surface area contributed by atoms with Crippen LogP contribution in [-0.4, -0.2) is 37.4 Å². The zero-order valence-electron chi connectivity index (χ0n) is 9.43. The van der Waals surface area contributed by atoms with Gasteiger partial charge in [-0.1, -0.05) is 11.6 Å². The van der Waals surface area contributed by atoms with E-state index in [0.717, 1.165) is 22.5 Å². The number of halogens is 2. The van der Waals surface area contributed by atoms with Crippen molar-refractivity contribution in [3.05, 3.63) is 29.0 Å². The molecule has 0 bridgehead atoms. The summed E-state index contributed by atoms with van der Waals surface area (Å²) in [6, 6.07) is 2.92. The van der Waals surface area contributed by atoms with Crippen molar-refractivity contribution in [2.45, 2.75) is 11.3 Å². The molecule has 0 spiro atoms. The van der Waals surface area contributed by atoms with Crippen molar-refractivity contribution in [2.24, 2.45) is 0 Å². The van der Waals surface area contributed by atoms with Crippen LogP contribution >= 0.6 is 11.6 Å². The van der Waals surface area contributed by atoms with E-state index >= 15 is 0 Å². The molecule has 5 nitrogen and oxygen atoms in total. The molecule has 1 rings (SSSR count). The second kappa shape index (κ2) is 5.64. The molecule has 0 unspecified atom stereocenters. The van der Waals surface area contributed by atoms with Gasteiger partial charge in [-0.15, -0.1) is 0 Å². The van der Waals surface area contributed by atoms with Gasteiger partial charge in [-0.05, 0) is 18.2 Å². The molecule has 0 fully saturated rings. The number of sulfonamides is 1. The Bertz CT molecular complexity index is 541. The molecule has 1 aromatic carbocycles. The summed E-state index contributed by atoms with van der Waals surface area (Å²) in [6.07, 6.45) is -0.335. The SMILES string of the molecule is CN(CCC(=O)O)S(=O)(=O)c1cc(F)cc(Cl)c1. The van der Waals surface area contributed by atoms with Gasteiger partial charge in [0.2, 0.25) is 10.0 Å². The molecule has 0 aliphatic heterocycles. The number of aliphatic carboxylic acids is 1. The molecule has 0 saturated heterocycles. The second-order valence-corrected chi connectivity index (χ2v) is 6.06.